The van der Waals surface area contributed by atoms with Crippen LogP contribution in [0.15, 0.2) is 46.2 Å². The number of oxazole rings is 1. The topological polar surface area (TPSA) is 57.3 Å². The van der Waals surface area contributed by atoms with Gasteiger partial charge in [0.05, 0.1) is 13.2 Å². The van der Waals surface area contributed by atoms with Gasteiger partial charge in [-0.2, -0.15) is 0 Å². The predicted octanol–water partition coefficient (Wildman–Crippen LogP) is 5.20. The molecule has 0 bridgehead atoms. The highest BCUT2D eigenvalue weighted by molar-refractivity contribution is 7.16. The van der Waals surface area contributed by atoms with Gasteiger partial charge in [0, 0.05) is 10.9 Å². The molecule has 0 aliphatic carbocycles. The van der Waals surface area contributed by atoms with E-state index < -0.39 is 0 Å². The average Bonchev–Trinajstić information content (AvgIpc) is 3.32. The molecule has 138 valence electrons. The first-order valence-corrected chi connectivity index (χ1v) is 9.72. The van der Waals surface area contributed by atoms with Crippen molar-refractivity contribution in [1.29, 1.82) is 0 Å². The highest BCUT2D eigenvalue weighted by atomic mass is 32.1. The third-order valence-corrected chi connectivity index (χ3v) is 5.51. The number of thiophene rings is 1. The molecular formula is C21H20N2O3S. The van der Waals surface area contributed by atoms with E-state index in [1.807, 2.05) is 67.1 Å². The van der Waals surface area contributed by atoms with Gasteiger partial charge in [-0.1, -0.05) is 18.2 Å². The first-order chi connectivity index (χ1) is 13.1. The van der Waals surface area contributed by atoms with Gasteiger partial charge in [0.25, 0.3) is 0 Å². The predicted molar refractivity (Wildman–Crippen MR) is 106 cm³/mol. The number of benzene rings is 1. The van der Waals surface area contributed by atoms with Crippen LogP contribution in [0.4, 0.5) is 0 Å². The SMILES string of the molecule is CCOC(=O)c1cc2ccsc2n1Cc1nc(-c2ccccc2C)oc1C. The Morgan fingerprint density at radius 2 is 2.07 bits per heavy atom. The number of nitrogens with zero attached hydrogens (tertiary/aromatic N) is 2. The summed E-state index contributed by atoms with van der Waals surface area (Å²) in [6.07, 6.45) is 0. The van der Waals surface area contributed by atoms with E-state index >= 15 is 0 Å². The quantitative estimate of drug-likeness (QED) is 0.447. The lowest BCUT2D eigenvalue weighted by atomic mass is 10.1. The first-order valence-electron chi connectivity index (χ1n) is 8.84. The zero-order valence-electron chi connectivity index (χ0n) is 15.5. The van der Waals surface area contributed by atoms with E-state index in [-0.39, 0.29) is 5.97 Å². The van der Waals surface area contributed by atoms with Crippen molar-refractivity contribution in [3.05, 3.63) is 64.5 Å². The standard InChI is InChI=1S/C21H20N2O3S/c1-4-25-21(24)18-11-15-9-10-27-20(15)23(18)12-17-14(3)26-19(22-17)16-8-6-5-7-13(16)2/h5-11H,4,12H2,1-3H3. The van der Waals surface area contributed by atoms with Crippen LogP contribution in [0.3, 0.4) is 0 Å². The Balaban J connectivity index is 1.75. The van der Waals surface area contributed by atoms with E-state index in [9.17, 15) is 4.79 Å². The zero-order chi connectivity index (χ0) is 19.0. The van der Waals surface area contributed by atoms with E-state index in [2.05, 4.69) is 0 Å². The highest BCUT2D eigenvalue weighted by Crippen LogP contribution is 2.29. The molecule has 0 unspecified atom stereocenters. The minimum atomic E-state index is -0.318. The van der Waals surface area contributed by atoms with Crippen molar-refractivity contribution in [2.45, 2.75) is 27.3 Å². The van der Waals surface area contributed by atoms with Crippen molar-refractivity contribution in [1.82, 2.24) is 9.55 Å². The molecule has 3 heterocycles. The van der Waals surface area contributed by atoms with Crippen molar-refractivity contribution in [2.24, 2.45) is 0 Å². The van der Waals surface area contributed by atoms with Crippen LogP contribution in [0.1, 0.15) is 34.4 Å². The second-order valence-electron chi connectivity index (χ2n) is 6.35. The van der Waals surface area contributed by atoms with Crippen molar-refractivity contribution >= 4 is 27.5 Å². The second kappa shape index (κ2) is 7.04. The summed E-state index contributed by atoms with van der Waals surface area (Å²) in [5.74, 6) is 1.04. The summed E-state index contributed by atoms with van der Waals surface area (Å²) in [6, 6.07) is 11.9. The van der Waals surface area contributed by atoms with E-state index in [1.165, 1.54) is 0 Å². The van der Waals surface area contributed by atoms with Crippen LogP contribution in [0, 0.1) is 13.8 Å². The molecule has 1 aromatic carbocycles. The smallest absolute Gasteiger partial charge is 0.355 e. The minimum absolute atomic E-state index is 0.318. The molecule has 0 saturated heterocycles. The van der Waals surface area contributed by atoms with Crippen LogP contribution >= 0.6 is 11.3 Å². The summed E-state index contributed by atoms with van der Waals surface area (Å²) in [5.41, 5.74) is 3.44. The van der Waals surface area contributed by atoms with Crippen LogP contribution < -0.4 is 0 Å². The summed E-state index contributed by atoms with van der Waals surface area (Å²) in [4.78, 5) is 18.1. The number of hydrogen-bond donors (Lipinski definition) is 0. The van der Waals surface area contributed by atoms with Gasteiger partial charge in [-0.25, -0.2) is 9.78 Å². The van der Waals surface area contributed by atoms with E-state index in [1.54, 1.807) is 11.3 Å². The summed E-state index contributed by atoms with van der Waals surface area (Å²) in [5, 5.41) is 3.05. The molecule has 0 N–H and O–H groups in total. The van der Waals surface area contributed by atoms with Gasteiger partial charge in [0.2, 0.25) is 5.89 Å². The van der Waals surface area contributed by atoms with Gasteiger partial charge in [-0.05, 0) is 49.9 Å². The maximum Gasteiger partial charge on any atom is 0.355 e. The molecule has 0 fully saturated rings. The monoisotopic (exact) mass is 380 g/mol. The van der Waals surface area contributed by atoms with Crippen molar-refractivity contribution < 1.29 is 13.9 Å². The number of aryl methyl sites for hydroxylation is 2. The minimum Gasteiger partial charge on any atom is -0.461 e. The molecule has 0 radical (unpaired) electrons. The number of fused-ring (bicyclic) bond motifs is 1. The Hall–Kier alpha value is -2.86. The molecule has 6 heteroatoms. The van der Waals surface area contributed by atoms with Gasteiger partial charge in [0.1, 0.15) is 22.0 Å². The van der Waals surface area contributed by atoms with Crippen molar-refractivity contribution in [2.75, 3.05) is 6.61 Å². The van der Waals surface area contributed by atoms with Crippen LogP contribution in [0.2, 0.25) is 0 Å². The molecular weight excluding hydrogens is 360 g/mol. The number of hydrogen-bond acceptors (Lipinski definition) is 5. The van der Waals surface area contributed by atoms with Crippen molar-refractivity contribution in [3.8, 4) is 11.5 Å². The number of carbonyl (C=O) groups excluding carboxylic acids is 1. The fourth-order valence-electron chi connectivity index (χ4n) is 3.16. The van der Waals surface area contributed by atoms with Gasteiger partial charge in [0.15, 0.2) is 0 Å². The van der Waals surface area contributed by atoms with Gasteiger partial charge >= 0.3 is 5.97 Å². The average molecular weight is 380 g/mol. The lowest BCUT2D eigenvalue weighted by Crippen LogP contribution is -2.13. The van der Waals surface area contributed by atoms with Crippen molar-refractivity contribution in [3.63, 3.8) is 0 Å². The molecule has 27 heavy (non-hydrogen) atoms. The van der Waals surface area contributed by atoms with E-state index in [0.717, 1.165) is 32.8 Å². The summed E-state index contributed by atoms with van der Waals surface area (Å²) in [6.45, 7) is 6.55. The highest BCUT2D eigenvalue weighted by Gasteiger charge is 2.20. The number of rotatable bonds is 5. The maximum atomic E-state index is 12.4. The number of esters is 1. The third-order valence-electron chi connectivity index (χ3n) is 4.56. The van der Waals surface area contributed by atoms with Gasteiger partial charge < -0.3 is 13.7 Å². The van der Waals surface area contributed by atoms with E-state index in [4.69, 9.17) is 14.1 Å². The Labute approximate surface area is 161 Å². The number of ether oxygens (including phenoxy) is 1. The zero-order valence-corrected chi connectivity index (χ0v) is 16.3. The summed E-state index contributed by atoms with van der Waals surface area (Å²) < 4.78 is 13.1. The Kier molecular flexibility index (Phi) is 4.58. The summed E-state index contributed by atoms with van der Waals surface area (Å²) in [7, 11) is 0. The summed E-state index contributed by atoms with van der Waals surface area (Å²) >= 11 is 1.60. The van der Waals surface area contributed by atoms with Crippen LogP contribution in [0.25, 0.3) is 21.7 Å². The second-order valence-corrected chi connectivity index (χ2v) is 7.25. The lowest BCUT2D eigenvalue weighted by Gasteiger charge is -2.08. The molecule has 0 spiro atoms. The lowest BCUT2D eigenvalue weighted by molar-refractivity contribution is 0.0515. The molecule has 5 nitrogen and oxygen atoms in total. The normalized spacial score (nSPS) is 11.2. The fourth-order valence-corrected chi connectivity index (χ4v) is 4.06. The van der Waals surface area contributed by atoms with Gasteiger partial charge in [-0.3, -0.25) is 0 Å². The Morgan fingerprint density at radius 1 is 1.26 bits per heavy atom. The first kappa shape index (κ1) is 17.5. The number of carbonyl (C=O) groups is 1. The third kappa shape index (κ3) is 3.17. The molecule has 0 aliphatic rings. The molecule has 0 amide bonds. The molecule has 0 atom stereocenters. The largest absolute Gasteiger partial charge is 0.461 e. The number of aromatic nitrogens is 2. The van der Waals surface area contributed by atoms with E-state index in [0.29, 0.717) is 24.7 Å². The molecule has 0 aliphatic heterocycles. The molecule has 4 rings (SSSR count). The van der Waals surface area contributed by atoms with Gasteiger partial charge in [-0.15, -0.1) is 11.3 Å². The van der Waals surface area contributed by atoms with Crippen LogP contribution in [-0.4, -0.2) is 22.1 Å². The molecule has 0 saturated carbocycles. The molecule has 4 aromatic rings. The van der Waals surface area contributed by atoms with Crippen LogP contribution in [0.5, 0.6) is 0 Å². The maximum absolute atomic E-state index is 12.4. The van der Waals surface area contributed by atoms with Crippen LogP contribution in [-0.2, 0) is 11.3 Å². The Bertz CT molecular complexity index is 1120. The fraction of sp³-hybridized carbons (Fsp3) is 0.238. The Morgan fingerprint density at radius 3 is 2.85 bits per heavy atom. The molecule has 3 aromatic heterocycles.